The highest BCUT2D eigenvalue weighted by molar-refractivity contribution is 6.31. The molecular formula is C20H18ClN7. The van der Waals surface area contributed by atoms with Gasteiger partial charge in [-0.15, -0.1) is 0 Å². The predicted molar refractivity (Wildman–Crippen MR) is 110 cm³/mol. The van der Waals surface area contributed by atoms with Gasteiger partial charge < -0.3 is 10.2 Å². The summed E-state index contributed by atoms with van der Waals surface area (Å²) >= 11 is 6.21. The van der Waals surface area contributed by atoms with E-state index < -0.39 is 0 Å². The summed E-state index contributed by atoms with van der Waals surface area (Å²) in [5.74, 6) is 1.83. The zero-order valence-electron chi connectivity index (χ0n) is 15.3. The number of nitrogens with one attached hydrogen (secondary N) is 1. The second-order valence-corrected chi connectivity index (χ2v) is 7.26. The van der Waals surface area contributed by atoms with Gasteiger partial charge in [0.2, 0.25) is 0 Å². The topological polar surface area (TPSA) is 71.8 Å². The molecule has 140 valence electrons. The molecule has 3 aromatic heterocycles. The van der Waals surface area contributed by atoms with Gasteiger partial charge in [0.15, 0.2) is 0 Å². The van der Waals surface area contributed by atoms with Gasteiger partial charge in [0.05, 0.1) is 23.6 Å². The normalized spacial score (nSPS) is 13.6. The number of hydrogen-bond donors (Lipinski definition) is 1. The molecule has 1 aromatic carbocycles. The smallest absolute Gasteiger partial charge is 0.140 e. The Morgan fingerprint density at radius 1 is 1.11 bits per heavy atom. The van der Waals surface area contributed by atoms with Crippen molar-refractivity contribution in [1.29, 1.82) is 0 Å². The van der Waals surface area contributed by atoms with Crippen LogP contribution in [0.4, 0.5) is 17.3 Å². The molecule has 0 radical (unpaired) electrons. The predicted octanol–water partition coefficient (Wildman–Crippen LogP) is 3.72. The van der Waals surface area contributed by atoms with Gasteiger partial charge >= 0.3 is 0 Å². The lowest BCUT2D eigenvalue weighted by molar-refractivity contribution is 0.705. The van der Waals surface area contributed by atoms with E-state index in [-0.39, 0.29) is 0 Å². The maximum atomic E-state index is 6.21. The molecule has 0 spiro atoms. The van der Waals surface area contributed by atoms with Crippen molar-refractivity contribution in [3.63, 3.8) is 0 Å². The molecule has 0 amide bonds. The Bertz CT molecular complexity index is 1170. The van der Waals surface area contributed by atoms with Crippen LogP contribution in [0.2, 0.25) is 5.02 Å². The Morgan fingerprint density at radius 3 is 2.89 bits per heavy atom. The van der Waals surface area contributed by atoms with Gasteiger partial charge in [0.25, 0.3) is 0 Å². The fourth-order valence-electron chi connectivity index (χ4n) is 3.59. The number of hydrogen-bond acceptors (Lipinski definition) is 6. The van der Waals surface area contributed by atoms with Crippen molar-refractivity contribution in [1.82, 2.24) is 24.7 Å². The van der Waals surface area contributed by atoms with Crippen molar-refractivity contribution < 1.29 is 0 Å². The number of aryl methyl sites for hydroxylation is 1. The third kappa shape index (κ3) is 3.03. The van der Waals surface area contributed by atoms with Gasteiger partial charge in [-0.05, 0) is 29.8 Å². The molecule has 1 aliphatic rings. The number of benzene rings is 1. The lowest BCUT2D eigenvalue weighted by Crippen LogP contribution is -2.31. The van der Waals surface area contributed by atoms with Gasteiger partial charge in [-0.2, -0.15) is 5.10 Å². The lowest BCUT2D eigenvalue weighted by atomic mass is 10.0. The summed E-state index contributed by atoms with van der Waals surface area (Å²) in [6, 6.07) is 9.80. The van der Waals surface area contributed by atoms with Crippen LogP contribution in [0.5, 0.6) is 0 Å². The average Bonchev–Trinajstić information content (AvgIpc) is 3.11. The van der Waals surface area contributed by atoms with E-state index in [9.17, 15) is 0 Å². The Morgan fingerprint density at radius 2 is 2.04 bits per heavy atom. The number of nitrogens with zero attached hydrogens (tertiary/aromatic N) is 6. The summed E-state index contributed by atoms with van der Waals surface area (Å²) in [5, 5.41) is 9.21. The number of rotatable bonds is 3. The van der Waals surface area contributed by atoms with Crippen molar-refractivity contribution in [3.05, 3.63) is 65.3 Å². The van der Waals surface area contributed by atoms with Gasteiger partial charge in [0, 0.05) is 48.7 Å². The standard InChI is InChI=1S/C20H18ClN7/c1-27-19(4-6-25-27)26-15-8-13-11-28(7-5-17(13)22-10-15)20-16-9-14(21)2-3-18(16)23-12-24-20/h2-4,6,8-10,12,26H,5,7,11H2,1H3. The fourth-order valence-corrected chi connectivity index (χ4v) is 3.76. The van der Waals surface area contributed by atoms with Gasteiger partial charge in [-0.3, -0.25) is 9.67 Å². The zero-order chi connectivity index (χ0) is 19.1. The number of halogens is 1. The summed E-state index contributed by atoms with van der Waals surface area (Å²) in [7, 11) is 1.90. The highest BCUT2D eigenvalue weighted by atomic mass is 35.5. The Hall–Kier alpha value is -3.19. The minimum atomic E-state index is 0.685. The van der Waals surface area contributed by atoms with Crippen LogP contribution in [-0.2, 0) is 20.0 Å². The van der Waals surface area contributed by atoms with Crippen LogP contribution in [-0.4, -0.2) is 31.3 Å². The first kappa shape index (κ1) is 16.9. The first-order valence-electron chi connectivity index (χ1n) is 9.05. The molecule has 1 aliphatic heterocycles. The molecule has 0 atom stereocenters. The zero-order valence-corrected chi connectivity index (χ0v) is 16.1. The van der Waals surface area contributed by atoms with Crippen molar-refractivity contribution in [2.45, 2.75) is 13.0 Å². The van der Waals surface area contributed by atoms with E-state index in [0.717, 1.165) is 53.4 Å². The van der Waals surface area contributed by atoms with E-state index in [1.807, 2.05) is 37.5 Å². The average molecular weight is 392 g/mol. The van der Waals surface area contributed by atoms with E-state index in [0.29, 0.717) is 5.02 Å². The van der Waals surface area contributed by atoms with Crippen molar-refractivity contribution in [2.24, 2.45) is 7.05 Å². The molecule has 0 saturated carbocycles. The van der Waals surface area contributed by atoms with Crippen LogP contribution >= 0.6 is 11.6 Å². The Balaban J connectivity index is 1.47. The number of aromatic nitrogens is 5. The molecule has 0 fully saturated rings. The van der Waals surface area contributed by atoms with E-state index in [1.165, 1.54) is 5.56 Å². The molecule has 0 aliphatic carbocycles. The number of anilines is 3. The number of pyridine rings is 1. The third-order valence-electron chi connectivity index (χ3n) is 5.01. The molecule has 8 heteroatoms. The largest absolute Gasteiger partial charge is 0.351 e. The first-order valence-corrected chi connectivity index (χ1v) is 9.43. The van der Waals surface area contributed by atoms with Crippen molar-refractivity contribution in [2.75, 3.05) is 16.8 Å². The second kappa shape index (κ2) is 6.76. The quantitative estimate of drug-likeness (QED) is 0.574. The molecule has 4 aromatic rings. The molecule has 0 bridgehead atoms. The molecule has 0 unspecified atom stereocenters. The van der Waals surface area contributed by atoms with Crippen LogP contribution in [0.1, 0.15) is 11.3 Å². The third-order valence-corrected chi connectivity index (χ3v) is 5.24. The van der Waals surface area contributed by atoms with Crippen LogP contribution in [0.25, 0.3) is 10.9 Å². The molecule has 1 N–H and O–H groups in total. The Kier molecular flexibility index (Phi) is 4.09. The van der Waals surface area contributed by atoms with Crippen LogP contribution in [0.15, 0.2) is 49.1 Å². The van der Waals surface area contributed by atoms with Gasteiger partial charge in [-0.1, -0.05) is 11.6 Å². The first-order chi connectivity index (χ1) is 13.7. The van der Waals surface area contributed by atoms with Gasteiger partial charge in [-0.25, -0.2) is 9.97 Å². The van der Waals surface area contributed by atoms with Crippen LogP contribution < -0.4 is 10.2 Å². The lowest BCUT2D eigenvalue weighted by Gasteiger charge is -2.30. The molecule has 28 heavy (non-hydrogen) atoms. The molecule has 5 rings (SSSR count). The second-order valence-electron chi connectivity index (χ2n) is 6.83. The van der Waals surface area contributed by atoms with E-state index in [2.05, 4.69) is 36.3 Å². The molecular weight excluding hydrogens is 374 g/mol. The minimum absolute atomic E-state index is 0.685. The molecule has 7 nitrogen and oxygen atoms in total. The fraction of sp³-hybridized carbons (Fsp3) is 0.200. The molecule has 0 saturated heterocycles. The van der Waals surface area contributed by atoms with Crippen LogP contribution in [0.3, 0.4) is 0 Å². The van der Waals surface area contributed by atoms with E-state index in [4.69, 9.17) is 11.6 Å². The summed E-state index contributed by atoms with van der Waals surface area (Å²) in [6.45, 7) is 1.59. The molecule has 4 heterocycles. The summed E-state index contributed by atoms with van der Waals surface area (Å²) in [4.78, 5) is 15.8. The van der Waals surface area contributed by atoms with E-state index >= 15 is 0 Å². The SMILES string of the molecule is Cn1nccc1Nc1cnc2c(c1)CN(c1ncnc3ccc(Cl)cc13)CC2. The maximum Gasteiger partial charge on any atom is 0.140 e. The number of fused-ring (bicyclic) bond motifs is 2. The monoisotopic (exact) mass is 391 g/mol. The highest BCUT2D eigenvalue weighted by Gasteiger charge is 2.21. The summed E-state index contributed by atoms with van der Waals surface area (Å²) in [5.41, 5.74) is 4.15. The van der Waals surface area contributed by atoms with Crippen molar-refractivity contribution in [3.8, 4) is 0 Å². The highest BCUT2D eigenvalue weighted by Crippen LogP contribution is 2.30. The van der Waals surface area contributed by atoms with Crippen molar-refractivity contribution >= 4 is 39.8 Å². The van der Waals surface area contributed by atoms with Crippen LogP contribution in [0, 0.1) is 0 Å². The maximum absolute atomic E-state index is 6.21. The summed E-state index contributed by atoms with van der Waals surface area (Å²) < 4.78 is 1.79. The van der Waals surface area contributed by atoms with E-state index in [1.54, 1.807) is 17.2 Å². The Labute approximate surface area is 167 Å². The minimum Gasteiger partial charge on any atom is -0.351 e. The van der Waals surface area contributed by atoms with Gasteiger partial charge in [0.1, 0.15) is 18.0 Å². The summed E-state index contributed by atoms with van der Waals surface area (Å²) in [6.07, 6.45) is 6.12.